The standard InChI is InChI=1S/C15H19N3O2S/c1-20-10-5-6-12-13(7-10)21-15(17-12)18-14(19)11-4-2-3-9(11)8-16/h5-7,9,11H,2-4,8,16H2,1H3,(H,17,18,19). The minimum absolute atomic E-state index is 0.0246. The molecule has 1 saturated carbocycles. The van der Waals surface area contributed by atoms with Gasteiger partial charge >= 0.3 is 0 Å². The Bertz CT molecular complexity index is 655. The topological polar surface area (TPSA) is 77.2 Å². The van der Waals surface area contributed by atoms with E-state index in [1.807, 2.05) is 18.2 Å². The molecular formula is C15H19N3O2S. The average Bonchev–Trinajstić information content (AvgIpc) is 3.11. The first-order chi connectivity index (χ1) is 10.2. The summed E-state index contributed by atoms with van der Waals surface area (Å²) < 4.78 is 6.21. The fourth-order valence-electron chi connectivity index (χ4n) is 2.95. The number of carbonyl (C=O) groups is 1. The number of thiazole rings is 1. The van der Waals surface area contributed by atoms with Crippen LogP contribution >= 0.6 is 11.3 Å². The van der Waals surface area contributed by atoms with Crippen LogP contribution in [0.25, 0.3) is 10.2 Å². The number of nitrogens with one attached hydrogen (secondary N) is 1. The molecule has 2 aromatic rings. The van der Waals surface area contributed by atoms with E-state index in [0.29, 0.717) is 17.6 Å². The first kappa shape index (κ1) is 14.3. The molecule has 2 unspecified atom stereocenters. The summed E-state index contributed by atoms with van der Waals surface area (Å²) in [5.41, 5.74) is 6.61. The summed E-state index contributed by atoms with van der Waals surface area (Å²) in [6.45, 7) is 0.579. The van der Waals surface area contributed by atoms with Gasteiger partial charge in [0.25, 0.3) is 0 Å². The van der Waals surface area contributed by atoms with E-state index in [1.54, 1.807) is 7.11 Å². The van der Waals surface area contributed by atoms with Gasteiger partial charge in [-0.05, 0) is 43.5 Å². The molecule has 112 valence electrons. The first-order valence-corrected chi connectivity index (χ1v) is 7.98. The van der Waals surface area contributed by atoms with Crippen LogP contribution in [-0.4, -0.2) is 24.5 Å². The van der Waals surface area contributed by atoms with Crippen LogP contribution in [0.1, 0.15) is 19.3 Å². The molecule has 0 bridgehead atoms. The largest absolute Gasteiger partial charge is 0.497 e. The molecule has 3 rings (SSSR count). The molecule has 0 saturated heterocycles. The number of aromatic nitrogens is 1. The number of anilines is 1. The van der Waals surface area contributed by atoms with Gasteiger partial charge in [-0.3, -0.25) is 4.79 Å². The number of fused-ring (bicyclic) bond motifs is 1. The van der Waals surface area contributed by atoms with Crippen LogP contribution in [0.2, 0.25) is 0 Å². The maximum atomic E-state index is 12.4. The zero-order valence-electron chi connectivity index (χ0n) is 12.0. The summed E-state index contributed by atoms with van der Waals surface area (Å²) in [4.78, 5) is 16.8. The van der Waals surface area contributed by atoms with Crippen molar-refractivity contribution >= 4 is 32.6 Å². The van der Waals surface area contributed by atoms with Gasteiger partial charge < -0.3 is 15.8 Å². The van der Waals surface area contributed by atoms with E-state index >= 15 is 0 Å². The number of amides is 1. The van der Waals surface area contributed by atoms with Crippen molar-refractivity contribution in [3.05, 3.63) is 18.2 Å². The van der Waals surface area contributed by atoms with Crippen molar-refractivity contribution in [1.29, 1.82) is 0 Å². The molecule has 1 aromatic carbocycles. The molecule has 2 atom stereocenters. The van der Waals surface area contributed by atoms with E-state index in [4.69, 9.17) is 10.5 Å². The lowest BCUT2D eigenvalue weighted by molar-refractivity contribution is -0.120. The van der Waals surface area contributed by atoms with Crippen molar-refractivity contribution in [2.24, 2.45) is 17.6 Å². The molecule has 3 N–H and O–H groups in total. The Morgan fingerprint density at radius 1 is 1.52 bits per heavy atom. The van der Waals surface area contributed by atoms with Crippen LogP contribution in [-0.2, 0) is 4.79 Å². The van der Waals surface area contributed by atoms with Crippen molar-refractivity contribution in [3.8, 4) is 5.75 Å². The molecule has 0 spiro atoms. The minimum Gasteiger partial charge on any atom is -0.497 e. The van der Waals surface area contributed by atoms with Crippen LogP contribution < -0.4 is 15.8 Å². The van der Waals surface area contributed by atoms with E-state index in [9.17, 15) is 4.79 Å². The number of hydrogen-bond acceptors (Lipinski definition) is 5. The number of benzene rings is 1. The third-order valence-electron chi connectivity index (χ3n) is 4.12. The second-order valence-electron chi connectivity index (χ2n) is 5.38. The van der Waals surface area contributed by atoms with Crippen molar-refractivity contribution in [1.82, 2.24) is 4.98 Å². The second kappa shape index (κ2) is 5.99. The molecular weight excluding hydrogens is 286 g/mol. The van der Waals surface area contributed by atoms with Gasteiger partial charge in [0.15, 0.2) is 5.13 Å². The average molecular weight is 305 g/mol. The van der Waals surface area contributed by atoms with Crippen LogP contribution in [0.15, 0.2) is 18.2 Å². The summed E-state index contributed by atoms with van der Waals surface area (Å²) in [6.07, 6.45) is 3.05. The quantitative estimate of drug-likeness (QED) is 0.910. The maximum absolute atomic E-state index is 12.4. The van der Waals surface area contributed by atoms with Crippen LogP contribution in [0.5, 0.6) is 5.75 Å². The molecule has 6 heteroatoms. The van der Waals surface area contributed by atoms with E-state index in [1.165, 1.54) is 11.3 Å². The van der Waals surface area contributed by atoms with Gasteiger partial charge in [-0.25, -0.2) is 4.98 Å². The summed E-state index contributed by atoms with van der Waals surface area (Å²) >= 11 is 1.47. The highest BCUT2D eigenvalue weighted by Crippen LogP contribution is 2.33. The minimum atomic E-state index is 0.0246. The summed E-state index contributed by atoms with van der Waals surface area (Å²) in [7, 11) is 1.64. The third kappa shape index (κ3) is 2.87. The molecule has 0 aliphatic heterocycles. The van der Waals surface area contributed by atoms with Gasteiger partial charge in [0.05, 0.1) is 17.3 Å². The highest BCUT2D eigenvalue weighted by Gasteiger charge is 2.32. The van der Waals surface area contributed by atoms with Gasteiger partial charge in [0.2, 0.25) is 5.91 Å². The van der Waals surface area contributed by atoms with E-state index in [0.717, 1.165) is 35.2 Å². The number of methoxy groups -OCH3 is 1. The normalized spacial score (nSPS) is 21.6. The Kier molecular flexibility index (Phi) is 4.07. The second-order valence-corrected chi connectivity index (χ2v) is 6.41. The summed E-state index contributed by atoms with van der Waals surface area (Å²) in [5.74, 6) is 1.17. The molecule has 1 aliphatic carbocycles. The molecule has 1 heterocycles. The Morgan fingerprint density at radius 3 is 3.14 bits per heavy atom. The van der Waals surface area contributed by atoms with Gasteiger partial charge in [-0.1, -0.05) is 17.8 Å². The van der Waals surface area contributed by atoms with E-state index < -0.39 is 0 Å². The van der Waals surface area contributed by atoms with Gasteiger partial charge in [-0.15, -0.1) is 0 Å². The Morgan fingerprint density at radius 2 is 2.38 bits per heavy atom. The molecule has 1 fully saturated rings. The molecule has 1 aromatic heterocycles. The lowest BCUT2D eigenvalue weighted by Gasteiger charge is -2.16. The highest BCUT2D eigenvalue weighted by molar-refractivity contribution is 7.22. The zero-order valence-corrected chi connectivity index (χ0v) is 12.8. The van der Waals surface area contributed by atoms with Crippen LogP contribution in [0, 0.1) is 11.8 Å². The Hall–Kier alpha value is -1.66. The summed E-state index contributed by atoms with van der Waals surface area (Å²) in [5, 5.41) is 3.59. The highest BCUT2D eigenvalue weighted by atomic mass is 32.1. The first-order valence-electron chi connectivity index (χ1n) is 7.16. The number of ether oxygens (including phenoxy) is 1. The van der Waals surface area contributed by atoms with Crippen LogP contribution in [0.4, 0.5) is 5.13 Å². The lowest BCUT2D eigenvalue weighted by atomic mass is 9.95. The Balaban J connectivity index is 1.76. The summed E-state index contributed by atoms with van der Waals surface area (Å²) in [6, 6.07) is 5.70. The van der Waals surface area contributed by atoms with Gasteiger partial charge in [0.1, 0.15) is 5.75 Å². The molecule has 5 nitrogen and oxygen atoms in total. The number of nitrogens with zero attached hydrogens (tertiary/aromatic N) is 1. The molecule has 1 aliphatic rings. The van der Waals surface area contributed by atoms with Gasteiger partial charge in [0, 0.05) is 5.92 Å². The molecule has 21 heavy (non-hydrogen) atoms. The van der Waals surface area contributed by atoms with Crippen molar-refractivity contribution in [3.63, 3.8) is 0 Å². The SMILES string of the molecule is COc1ccc2nc(NC(=O)C3CCCC3CN)sc2c1. The monoisotopic (exact) mass is 305 g/mol. The fourth-order valence-corrected chi connectivity index (χ4v) is 3.84. The molecule has 0 radical (unpaired) electrons. The smallest absolute Gasteiger partial charge is 0.229 e. The van der Waals surface area contributed by atoms with Crippen LogP contribution in [0.3, 0.4) is 0 Å². The predicted octanol–water partition coefficient (Wildman–Crippen LogP) is 2.62. The van der Waals surface area contributed by atoms with E-state index in [-0.39, 0.29) is 11.8 Å². The number of carbonyl (C=O) groups excluding carboxylic acids is 1. The zero-order chi connectivity index (χ0) is 14.8. The van der Waals surface area contributed by atoms with Gasteiger partial charge in [-0.2, -0.15) is 0 Å². The van der Waals surface area contributed by atoms with Crippen molar-refractivity contribution in [2.75, 3.05) is 19.0 Å². The fraction of sp³-hybridized carbons (Fsp3) is 0.467. The lowest BCUT2D eigenvalue weighted by Crippen LogP contribution is -2.29. The number of hydrogen-bond donors (Lipinski definition) is 2. The Labute approximate surface area is 127 Å². The predicted molar refractivity (Wildman–Crippen MR) is 84.7 cm³/mol. The number of nitrogens with two attached hydrogens (primary N) is 1. The third-order valence-corrected chi connectivity index (χ3v) is 5.06. The number of rotatable bonds is 4. The van der Waals surface area contributed by atoms with Crippen molar-refractivity contribution in [2.45, 2.75) is 19.3 Å². The maximum Gasteiger partial charge on any atom is 0.229 e. The van der Waals surface area contributed by atoms with E-state index in [2.05, 4.69) is 10.3 Å². The van der Waals surface area contributed by atoms with Crippen molar-refractivity contribution < 1.29 is 9.53 Å². The molecule has 1 amide bonds.